The Labute approximate surface area is 116 Å². The van der Waals surface area contributed by atoms with Gasteiger partial charge in [-0.1, -0.05) is 22.9 Å². The number of ether oxygens (including phenoxy) is 1. The van der Waals surface area contributed by atoms with Crippen LogP contribution < -0.4 is 10.5 Å². The summed E-state index contributed by atoms with van der Waals surface area (Å²) in [6, 6.07) is 5.99. The molecule has 0 aliphatic carbocycles. The zero-order chi connectivity index (χ0) is 12.7. The van der Waals surface area contributed by atoms with Crippen LogP contribution in [0.2, 0.25) is 0 Å². The van der Waals surface area contributed by atoms with E-state index in [4.69, 9.17) is 10.5 Å². The predicted octanol–water partition coefficient (Wildman–Crippen LogP) is 3.99. The summed E-state index contributed by atoms with van der Waals surface area (Å²) in [5.74, 6) is 3.23. The average Bonchev–Trinajstić information content (AvgIpc) is 2.30. The van der Waals surface area contributed by atoms with Crippen LogP contribution in [0, 0.1) is 0 Å². The van der Waals surface area contributed by atoms with Crippen molar-refractivity contribution in [3.8, 4) is 5.75 Å². The molecule has 4 heteroatoms. The van der Waals surface area contributed by atoms with Gasteiger partial charge in [0.05, 0.1) is 6.61 Å². The monoisotopic (exact) mass is 317 g/mol. The Morgan fingerprint density at radius 2 is 2.24 bits per heavy atom. The summed E-state index contributed by atoms with van der Waals surface area (Å²) in [6.45, 7) is 4.91. The zero-order valence-electron chi connectivity index (χ0n) is 10.4. The number of halogens is 1. The average molecular weight is 318 g/mol. The molecule has 0 bridgehead atoms. The van der Waals surface area contributed by atoms with Crippen molar-refractivity contribution in [1.82, 2.24) is 0 Å². The van der Waals surface area contributed by atoms with E-state index in [1.165, 1.54) is 5.75 Å². The Balaban J connectivity index is 2.52. The van der Waals surface area contributed by atoms with E-state index in [-0.39, 0.29) is 6.04 Å². The van der Waals surface area contributed by atoms with Gasteiger partial charge in [0.15, 0.2) is 0 Å². The molecule has 0 unspecified atom stereocenters. The highest BCUT2D eigenvalue weighted by Gasteiger charge is 2.08. The highest BCUT2D eigenvalue weighted by atomic mass is 79.9. The van der Waals surface area contributed by atoms with Gasteiger partial charge in [-0.15, -0.1) is 0 Å². The van der Waals surface area contributed by atoms with E-state index in [0.717, 1.165) is 34.6 Å². The standard InChI is InChI=1S/C13H20BrNOS/c1-3-17-8-4-7-16-13-6-5-11(14)9-12(13)10(2)15/h5-6,9-10H,3-4,7-8,15H2,1-2H3/t10-/m0/s1. The van der Waals surface area contributed by atoms with Crippen molar-refractivity contribution in [2.24, 2.45) is 5.73 Å². The molecule has 1 atom stereocenters. The second-order valence-corrected chi connectivity index (χ2v) is 6.18. The molecule has 1 rings (SSSR count). The van der Waals surface area contributed by atoms with Gasteiger partial charge in [-0.25, -0.2) is 0 Å². The van der Waals surface area contributed by atoms with Crippen LogP contribution in [0.1, 0.15) is 31.9 Å². The fourth-order valence-electron chi connectivity index (χ4n) is 1.49. The normalized spacial score (nSPS) is 12.5. The lowest BCUT2D eigenvalue weighted by atomic mass is 10.1. The zero-order valence-corrected chi connectivity index (χ0v) is 12.8. The minimum atomic E-state index is -0.00693. The fraction of sp³-hybridized carbons (Fsp3) is 0.538. The summed E-state index contributed by atoms with van der Waals surface area (Å²) in [4.78, 5) is 0. The van der Waals surface area contributed by atoms with Crippen LogP contribution >= 0.6 is 27.7 Å². The second kappa shape index (κ2) is 8.01. The maximum Gasteiger partial charge on any atom is 0.124 e. The van der Waals surface area contributed by atoms with Gasteiger partial charge in [-0.3, -0.25) is 0 Å². The van der Waals surface area contributed by atoms with Gasteiger partial charge in [0, 0.05) is 16.1 Å². The highest BCUT2D eigenvalue weighted by Crippen LogP contribution is 2.27. The molecule has 0 aliphatic heterocycles. The lowest BCUT2D eigenvalue weighted by Crippen LogP contribution is -2.09. The molecular formula is C13H20BrNOS. The molecule has 0 heterocycles. The molecular weight excluding hydrogens is 298 g/mol. The Morgan fingerprint density at radius 1 is 1.47 bits per heavy atom. The van der Waals surface area contributed by atoms with Gasteiger partial charge in [0.25, 0.3) is 0 Å². The maximum atomic E-state index is 5.93. The highest BCUT2D eigenvalue weighted by molar-refractivity contribution is 9.10. The molecule has 0 spiro atoms. The lowest BCUT2D eigenvalue weighted by Gasteiger charge is -2.14. The van der Waals surface area contributed by atoms with Crippen LogP contribution in [0.25, 0.3) is 0 Å². The number of benzene rings is 1. The molecule has 1 aromatic carbocycles. The molecule has 2 nitrogen and oxygen atoms in total. The summed E-state index contributed by atoms with van der Waals surface area (Å²) >= 11 is 5.40. The SMILES string of the molecule is CCSCCCOc1ccc(Br)cc1[C@H](C)N. The van der Waals surface area contributed by atoms with Crippen molar-refractivity contribution >= 4 is 27.7 Å². The third-order valence-electron chi connectivity index (χ3n) is 2.36. The summed E-state index contributed by atoms with van der Waals surface area (Å²) in [5.41, 5.74) is 6.99. The van der Waals surface area contributed by atoms with Crippen molar-refractivity contribution in [3.63, 3.8) is 0 Å². The maximum absolute atomic E-state index is 5.93. The largest absolute Gasteiger partial charge is 0.493 e. The minimum absolute atomic E-state index is 0.00693. The molecule has 0 radical (unpaired) electrons. The van der Waals surface area contributed by atoms with Gasteiger partial charge >= 0.3 is 0 Å². The van der Waals surface area contributed by atoms with Gasteiger partial charge in [0.2, 0.25) is 0 Å². The van der Waals surface area contributed by atoms with Crippen LogP contribution in [0.5, 0.6) is 5.75 Å². The van der Waals surface area contributed by atoms with E-state index >= 15 is 0 Å². The summed E-state index contributed by atoms with van der Waals surface area (Å²) in [6.07, 6.45) is 1.08. The van der Waals surface area contributed by atoms with Gasteiger partial charge in [-0.2, -0.15) is 11.8 Å². The first kappa shape index (κ1) is 14.9. The molecule has 0 saturated heterocycles. The third-order valence-corrected chi connectivity index (χ3v) is 3.84. The predicted molar refractivity (Wildman–Crippen MR) is 79.9 cm³/mol. The van der Waals surface area contributed by atoms with Crippen LogP contribution in [-0.4, -0.2) is 18.1 Å². The topological polar surface area (TPSA) is 35.2 Å². The van der Waals surface area contributed by atoms with E-state index in [9.17, 15) is 0 Å². The lowest BCUT2D eigenvalue weighted by molar-refractivity contribution is 0.314. The first-order valence-corrected chi connectivity index (χ1v) is 7.85. The van der Waals surface area contributed by atoms with Crippen molar-refractivity contribution < 1.29 is 4.74 Å². The van der Waals surface area contributed by atoms with Crippen LogP contribution in [0.3, 0.4) is 0 Å². The van der Waals surface area contributed by atoms with Crippen molar-refractivity contribution in [3.05, 3.63) is 28.2 Å². The molecule has 2 N–H and O–H groups in total. The van der Waals surface area contributed by atoms with Crippen LogP contribution in [0.15, 0.2) is 22.7 Å². The van der Waals surface area contributed by atoms with Crippen molar-refractivity contribution in [2.45, 2.75) is 26.3 Å². The van der Waals surface area contributed by atoms with Gasteiger partial charge in [-0.05, 0) is 43.0 Å². The molecule has 0 fully saturated rings. The summed E-state index contributed by atoms with van der Waals surface area (Å²) in [5, 5.41) is 0. The molecule has 0 aromatic heterocycles. The van der Waals surface area contributed by atoms with E-state index in [0.29, 0.717) is 0 Å². The minimum Gasteiger partial charge on any atom is -0.493 e. The summed E-state index contributed by atoms with van der Waals surface area (Å²) in [7, 11) is 0. The summed E-state index contributed by atoms with van der Waals surface area (Å²) < 4.78 is 6.83. The Kier molecular flexibility index (Phi) is 7.00. The molecule has 0 aliphatic rings. The van der Waals surface area contributed by atoms with Crippen molar-refractivity contribution in [2.75, 3.05) is 18.1 Å². The van der Waals surface area contributed by atoms with E-state index < -0.39 is 0 Å². The Morgan fingerprint density at radius 3 is 2.88 bits per heavy atom. The fourth-order valence-corrected chi connectivity index (χ4v) is 2.48. The van der Waals surface area contributed by atoms with E-state index in [1.807, 2.05) is 36.9 Å². The van der Waals surface area contributed by atoms with Crippen LogP contribution in [0.4, 0.5) is 0 Å². The second-order valence-electron chi connectivity index (χ2n) is 3.87. The number of rotatable bonds is 7. The Bertz CT molecular complexity index is 344. The molecule has 0 amide bonds. The number of nitrogens with two attached hydrogens (primary N) is 1. The molecule has 0 saturated carbocycles. The van der Waals surface area contributed by atoms with Gasteiger partial charge in [0.1, 0.15) is 5.75 Å². The number of hydrogen-bond donors (Lipinski definition) is 1. The smallest absolute Gasteiger partial charge is 0.124 e. The first-order chi connectivity index (χ1) is 8.15. The van der Waals surface area contributed by atoms with Crippen LogP contribution in [-0.2, 0) is 0 Å². The number of hydrogen-bond acceptors (Lipinski definition) is 3. The van der Waals surface area contributed by atoms with E-state index in [1.54, 1.807) is 0 Å². The van der Waals surface area contributed by atoms with Crippen molar-refractivity contribution in [1.29, 1.82) is 0 Å². The third kappa shape index (κ3) is 5.32. The molecule has 96 valence electrons. The van der Waals surface area contributed by atoms with E-state index in [2.05, 4.69) is 22.9 Å². The quantitative estimate of drug-likeness (QED) is 0.772. The molecule has 1 aromatic rings. The molecule has 17 heavy (non-hydrogen) atoms. The number of thioether (sulfide) groups is 1. The van der Waals surface area contributed by atoms with Gasteiger partial charge < -0.3 is 10.5 Å². The first-order valence-electron chi connectivity index (χ1n) is 5.90. The Hall–Kier alpha value is -0.190.